The van der Waals surface area contributed by atoms with Crippen LogP contribution in [0.15, 0.2) is 67.4 Å². The first-order chi connectivity index (χ1) is 20.8. The van der Waals surface area contributed by atoms with Crippen molar-refractivity contribution in [2.75, 3.05) is 5.32 Å². The van der Waals surface area contributed by atoms with Gasteiger partial charge in [0.05, 0.1) is 16.3 Å². The van der Waals surface area contributed by atoms with Crippen LogP contribution in [0.1, 0.15) is 11.1 Å². The van der Waals surface area contributed by atoms with Crippen molar-refractivity contribution in [3.05, 3.63) is 71.0 Å². The Morgan fingerprint density at radius 1 is 0.733 bits per heavy atom. The van der Waals surface area contributed by atoms with Gasteiger partial charge in [-0.1, -0.05) is 12.1 Å². The molecule has 0 saturated heterocycles. The van der Waals surface area contributed by atoms with Crippen molar-refractivity contribution in [2.45, 2.75) is 14.7 Å². The number of azo groups is 1. The lowest BCUT2D eigenvalue weighted by atomic mass is 10.0. The van der Waals surface area contributed by atoms with E-state index in [0.29, 0.717) is 18.2 Å². The summed E-state index contributed by atoms with van der Waals surface area (Å²) in [6, 6.07) is 7.99. The van der Waals surface area contributed by atoms with Crippen LogP contribution < -0.4 is 5.32 Å². The fourth-order valence-corrected chi connectivity index (χ4v) is 5.80. The van der Waals surface area contributed by atoms with Gasteiger partial charge in [0.2, 0.25) is 0 Å². The Labute approximate surface area is 250 Å². The normalized spacial score (nSPS) is 12.3. The van der Waals surface area contributed by atoms with E-state index >= 15 is 4.39 Å². The molecule has 0 spiro atoms. The van der Waals surface area contributed by atoms with Crippen LogP contribution in [0.5, 0.6) is 5.75 Å². The number of benzene rings is 4. The van der Waals surface area contributed by atoms with Crippen LogP contribution in [0.4, 0.5) is 35.9 Å². The molecule has 0 aliphatic rings. The van der Waals surface area contributed by atoms with Crippen molar-refractivity contribution in [3.8, 4) is 17.9 Å². The number of rotatable bonds is 7. The fourth-order valence-electron chi connectivity index (χ4n) is 3.98. The van der Waals surface area contributed by atoms with E-state index in [1.54, 1.807) is 0 Å². The highest BCUT2D eigenvalue weighted by Crippen LogP contribution is 2.46. The molecule has 45 heavy (non-hydrogen) atoms. The van der Waals surface area contributed by atoms with Crippen LogP contribution in [0.25, 0.3) is 10.8 Å². The van der Waals surface area contributed by atoms with Gasteiger partial charge in [0.15, 0.2) is 23.2 Å². The minimum absolute atomic E-state index is 0.479. The number of nitrogens with one attached hydrogen (secondary N) is 1. The maximum atomic E-state index is 15.1. The van der Waals surface area contributed by atoms with Gasteiger partial charge in [-0.25, -0.2) is 13.2 Å². The third-order valence-electron chi connectivity index (χ3n) is 5.90. The first-order valence-electron chi connectivity index (χ1n) is 11.4. The van der Waals surface area contributed by atoms with E-state index in [4.69, 9.17) is 5.26 Å². The molecule has 4 rings (SSSR count). The van der Waals surface area contributed by atoms with Crippen molar-refractivity contribution < 1.29 is 57.2 Å². The molecular formula is C24H12F3N5O10S3. The van der Waals surface area contributed by atoms with Gasteiger partial charge in [0, 0.05) is 5.39 Å². The predicted octanol–water partition coefficient (Wildman–Crippen LogP) is 4.61. The number of fused-ring (bicyclic) bond motifs is 1. The quantitative estimate of drug-likeness (QED) is 0.101. The Hall–Kier alpha value is -5.16. The van der Waals surface area contributed by atoms with Crippen LogP contribution in [0.3, 0.4) is 0 Å². The van der Waals surface area contributed by atoms with E-state index in [-0.39, 0.29) is 0 Å². The Kier molecular flexibility index (Phi) is 8.30. The molecule has 21 heteroatoms. The van der Waals surface area contributed by atoms with Crippen molar-refractivity contribution in [2.24, 2.45) is 10.2 Å². The number of nitrogens with zero attached hydrogens (tertiary/aromatic N) is 4. The average molecular weight is 684 g/mol. The lowest BCUT2D eigenvalue weighted by molar-refractivity contribution is 0.472. The van der Waals surface area contributed by atoms with Crippen LogP contribution in [0, 0.1) is 40.1 Å². The number of nitriles is 2. The molecule has 0 aromatic heterocycles. The molecule has 232 valence electrons. The molecule has 0 unspecified atom stereocenters. The fraction of sp³-hybridized carbons (Fsp3) is 0. The first-order valence-corrected chi connectivity index (χ1v) is 15.7. The highest BCUT2D eigenvalue weighted by Gasteiger charge is 2.29. The molecule has 0 fully saturated rings. The summed E-state index contributed by atoms with van der Waals surface area (Å²) in [6.45, 7) is 0. The van der Waals surface area contributed by atoms with E-state index in [1.807, 2.05) is 5.32 Å². The number of phenols is 1. The highest BCUT2D eigenvalue weighted by molar-refractivity contribution is 7.86. The smallest absolute Gasteiger partial charge is 0.296 e. The standard InChI is InChI=1S/C24H12F3N5O10S3/c25-19-12(8-28)21(27)22(13(9-29)20(19)26)30-15-7-11(43(34,35)36)5-10-6-17(45(40,41)42)23(24(33)18(10)15)32-31-14-3-1-2-4-16(14)44(37,38)39/h1-7,30,33H,(H,34,35,36)(H,37,38,39)(H,40,41,42). The van der Waals surface area contributed by atoms with Gasteiger partial charge in [0.1, 0.15) is 44.4 Å². The molecule has 0 heterocycles. The number of hydrogen-bond donors (Lipinski definition) is 5. The Balaban J connectivity index is 2.14. The monoisotopic (exact) mass is 683 g/mol. The molecule has 0 atom stereocenters. The van der Waals surface area contributed by atoms with E-state index in [9.17, 15) is 58.1 Å². The molecule has 0 saturated carbocycles. The summed E-state index contributed by atoms with van der Waals surface area (Å²) >= 11 is 0. The zero-order chi connectivity index (χ0) is 33.6. The van der Waals surface area contributed by atoms with Crippen LogP contribution in [-0.4, -0.2) is 44.0 Å². The number of aromatic hydroxyl groups is 1. The number of halogens is 3. The van der Waals surface area contributed by atoms with Gasteiger partial charge in [-0.3, -0.25) is 13.7 Å². The lowest BCUT2D eigenvalue weighted by Gasteiger charge is -2.17. The van der Waals surface area contributed by atoms with E-state index in [2.05, 4.69) is 10.2 Å². The second-order valence-electron chi connectivity index (χ2n) is 8.65. The van der Waals surface area contributed by atoms with Gasteiger partial charge in [0.25, 0.3) is 30.4 Å². The van der Waals surface area contributed by atoms with Gasteiger partial charge in [-0.15, -0.1) is 10.2 Å². The first kappa shape index (κ1) is 32.7. The van der Waals surface area contributed by atoms with E-state index in [1.165, 1.54) is 12.1 Å². The van der Waals surface area contributed by atoms with Crippen molar-refractivity contribution in [3.63, 3.8) is 0 Å². The Bertz CT molecular complexity index is 2410. The Morgan fingerprint density at radius 2 is 1.31 bits per heavy atom. The van der Waals surface area contributed by atoms with Crippen molar-refractivity contribution in [1.29, 1.82) is 10.5 Å². The third kappa shape index (κ3) is 6.12. The van der Waals surface area contributed by atoms with Crippen LogP contribution in [-0.2, 0) is 30.4 Å². The molecular weight excluding hydrogens is 671 g/mol. The largest absolute Gasteiger partial charge is 0.505 e. The maximum Gasteiger partial charge on any atom is 0.296 e. The molecule has 0 aliphatic carbocycles. The molecule has 4 aromatic carbocycles. The summed E-state index contributed by atoms with van der Waals surface area (Å²) in [5.74, 6) is -7.20. The van der Waals surface area contributed by atoms with Gasteiger partial charge >= 0.3 is 0 Å². The molecule has 5 N–H and O–H groups in total. The number of phenolic OH excluding ortho intramolecular Hbond substituents is 1. The second kappa shape index (κ2) is 11.4. The van der Waals surface area contributed by atoms with E-state index in [0.717, 1.165) is 24.3 Å². The predicted molar refractivity (Wildman–Crippen MR) is 145 cm³/mol. The number of anilines is 2. The SMILES string of the molecule is N#Cc1c(F)c(F)c(C#N)c(Nc2cc(S(=O)(=O)O)cc3cc(S(=O)(=O)O)c(N=Nc4ccccc4S(=O)(=O)O)c(O)c23)c1F. The molecule has 4 aromatic rings. The van der Waals surface area contributed by atoms with Crippen LogP contribution in [0.2, 0.25) is 0 Å². The van der Waals surface area contributed by atoms with Gasteiger partial charge in [-0.05, 0) is 35.7 Å². The molecule has 15 nitrogen and oxygen atoms in total. The Morgan fingerprint density at radius 3 is 1.87 bits per heavy atom. The molecule has 0 amide bonds. The van der Waals surface area contributed by atoms with Crippen molar-refractivity contribution in [1.82, 2.24) is 0 Å². The zero-order valence-corrected chi connectivity index (χ0v) is 23.9. The summed E-state index contributed by atoms with van der Waals surface area (Å²) in [4.78, 5) is -3.17. The summed E-state index contributed by atoms with van der Waals surface area (Å²) in [7, 11) is -15.5. The van der Waals surface area contributed by atoms with Crippen molar-refractivity contribution >= 4 is 63.9 Å². The molecule has 0 aliphatic heterocycles. The van der Waals surface area contributed by atoms with E-state index < -0.39 is 113 Å². The minimum Gasteiger partial charge on any atom is -0.505 e. The minimum atomic E-state index is -5.39. The van der Waals surface area contributed by atoms with Gasteiger partial charge in [-0.2, -0.15) is 35.8 Å². The lowest BCUT2D eigenvalue weighted by Crippen LogP contribution is -2.08. The average Bonchev–Trinajstić information content (AvgIpc) is 2.94. The summed E-state index contributed by atoms with van der Waals surface area (Å²) in [5.41, 5.74) is -6.75. The second-order valence-corrected chi connectivity index (χ2v) is 12.9. The summed E-state index contributed by atoms with van der Waals surface area (Å²) in [6.07, 6.45) is 0. The van der Waals surface area contributed by atoms with Crippen LogP contribution >= 0.6 is 0 Å². The summed E-state index contributed by atoms with van der Waals surface area (Å²) < 4.78 is 145. The third-order valence-corrected chi connectivity index (χ3v) is 8.50. The van der Waals surface area contributed by atoms with Gasteiger partial charge < -0.3 is 10.4 Å². The zero-order valence-electron chi connectivity index (χ0n) is 21.4. The maximum absolute atomic E-state index is 15.1. The highest BCUT2D eigenvalue weighted by atomic mass is 32.2. The molecule has 0 bridgehead atoms. The topological polar surface area (TPSA) is 268 Å². The summed E-state index contributed by atoms with van der Waals surface area (Å²) in [5, 5.41) is 37.2. The molecule has 0 radical (unpaired) electrons. The number of hydrogen-bond acceptors (Lipinski definition) is 12.